The summed E-state index contributed by atoms with van der Waals surface area (Å²) in [7, 11) is 0. The third-order valence-electron chi connectivity index (χ3n) is 2.99. The van der Waals surface area contributed by atoms with E-state index in [9.17, 15) is 4.79 Å². The van der Waals surface area contributed by atoms with Gasteiger partial charge in [-0.05, 0) is 25.0 Å². The Morgan fingerprint density at radius 3 is 3.10 bits per heavy atom. The Morgan fingerprint density at radius 1 is 1.50 bits per heavy atom. The van der Waals surface area contributed by atoms with Crippen molar-refractivity contribution >= 4 is 28.6 Å². The van der Waals surface area contributed by atoms with Crippen molar-refractivity contribution in [1.29, 1.82) is 0 Å². The zero-order valence-electron chi connectivity index (χ0n) is 10.8. The molecule has 3 rings (SSSR count). The highest BCUT2D eigenvalue weighted by Crippen LogP contribution is 2.24. The zero-order chi connectivity index (χ0) is 13.8. The smallest absolute Gasteiger partial charge is 0.307 e. The largest absolute Gasteiger partial charge is 0.459 e. The number of aromatic nitrogens is 1. The first-order valence-corrected chi connectivity index (χ1v) is 7.22. The van der Waals surface area contributed by atoms with E-state index in [4.69, 9.17) is 4.42 Å². The van der Waals surface area contributed by atoms with Gasteiger partial charge in [-0.25, -0.2) is 10.4 Å². The Bertz CT molecular complexity index is 600. The number of carbonyl (C=O) groups excluding carboxylic acids is 1. The van der Waals surface area contributed by atoms with Gasteiger partial charge in [0.05, 0.1) is 17.4 Å². The van der Waals surface area contributed by atoms with Gasteiger partial charge < -0.3 is 9.32 Å². The quantitative estimate of drug-likeness (QED) is 0.691. The van der Waals surface area contributed by atoms with Crippen LogP contribution in [0.3, 0.4) is 0 Å². The lowest BCUT2D eigenvalue weighted by atomic mass is 10.4. The SMILES string of the molecule is O=C(N/N=C/c1cnc(N2CCCC2)s1)c1ccco1. The summed E-state index contributed by atoms with van der Waals surface area (Å²) in [5.74, 6) is -0.125. The van der Waals surface area contributed by atoms with E-state index in [1.54, 1.807) is 35.9 Å². The molecule has 1 N–H and O–H groups in total. The van der Waals surface area contributed by atoms with E-state index in [1.807, 2.05) is 0 Å². The van der Waals surface area contributed by atoms with Crippen molar-refractivity contribution in [3.63, 3.8) is 0 Å². The highest BCUT2D eigenvalue weighted by atomic mass is 32.1. The van der Waals surface area contributed by atoms with Gasteiger partial charge in [0.15, 0.2) is 10.9 Å². The van der Waals surface area contributed by atoms with Gasteiger partial charge in [-0.15, -0.1) is 0 Å². The molecule has 0 aliphatic carbocycles. The maximum atomic E-state index is 11.6. The van der Waals surface area contributed by atoms with Gasteiger partial charge in [0.2, 0.25) is 0 Å². The molecule has 1 fully saturated rings. The number of amides is 1. The van der Waals surface area contributed by atoms with E-state index in [1.165, 1.54) is 19.1 Å². The van der Waals surface area contributed by atoms with Crippen LogP contribution in [-0.2, 0) is 0 Å². The number of thiazole rings is 1. The molecular weight excluding hydrogens is 276 g/mol. The molecule has 7 heteroatoms. The first kappa shape index (κ1) is 12.9. The van der Waals surface area contributed by atoms with E-state index >= 15 is 0 Å². The zero-order valence-corrected chi connectivity index (χ0v) is 11.6. The lowest BCUT2D eigenvalue weighted by Gasteiger charge is -2.11. The highest BCUT2D eigenvalue weighted by molar-refractivity contribution is 7.17. The summed E-state index contributed by atoms with van der Waals surface area (Å²) in [5.41, 5.74) is 2.41. The minimum atomic E-state index is -0.365. The maximum Gasteiger partial charge on any atom is 0.307 e. The molecule has 1 saturated heterocycles. The number of carbonyl (C=O) groups is 1. The first-order chi connectivity index (χ1) is 9.83. The number of hydrogen-bond acceptors (Lipinski definition) is 6. The van der Waals surface area contributed by atoms with Crippen LogP contribution in [-0.4, -0.2) is 30.2 Å². The van der Waals surface area contributed by atoms with E-state index in [-0.39, 0.29) is 11.7 Å². The lowest BCUT2D eigenvalue weighted by Crippen LogP contribution is -2.17. The molecule has 2 aromatic heterocycles. The molecule has 0 unspecified atom stereocenters. The predicted octanol–water partition coefficient (Wildman–Crippen LogP) is 2.10. The van der Waals surface area contributed by atoms with Gasteiger partial charge in [0.25, 0.3) is 0 Å². The molecule has 0 atom stereocenters. The topological polar surface area (TPSA) is 70.7 Å². The van der Waals surface area contributed by atoms with Crippen LogP contribution in [0.4, 0.5) is 5.13 Å². The van der Waals surface area contributed by atoms with Gasteiger partial charge in [-0.1, -0.05) is 11.3 Å². The van der Waals surface area contributed by atoms with E-state index in [2.05, 4.69) is 20.4 Å². The number of hydrazone groups is 1. The molecule has 1 amide bonds. The van der Waals surface area contributed by atoms with Crippen LogP contribution in [0.1, 0.15) is 28.3 Å². The van der Waals surface area contributed by atoms with Crippen LogP contribution in [0.15, 0.2) is 34.1 Å². The Morgan fingerprint density at radius 2 is 2.35 bits per heavy atom. The second-order valence-electron chi connectivity index (χ2n) is 4.42. The molecular formula is C13H14N4O2S. The summed E-state index contributed by atoms with van der Waals surface area (Å²) in [5, 5.41) is 4.92. The van der Waals surface area contributed by atoms with E-state index in [0.29, 0.717) is 0 Å². The maximum absolute atomic E-state index is 11.6. The molecule has 1 aliphatic rings. The van der Waals surface area contributed by atoms with Crippen molar-refractivity contribution in [3.05, 3.63) is 35.2 Å². The summed E-state index contributed by atoms with van der Waals surface area (Å²) >= 11 is 1.57. The standard InChI is InChI=1S/C13H14N4O2S/c18-12(11-4-3-7-19-11)16-15-9-10-8-14-13(20-10)17-5-1-2-6-17/h3-4,7-9H,1-2,5-6H2,(H,16,18)/b15-9+. The number of nitrogens with one attached hydrogen (secondary N) is 1. The molecule has 0 aromatic carbocycles. The lowest BCUT2D eigenvalue weighted by molar-refractivity contribution is 0.0927. The molecule has 2 aromatic rings. The fourth-order valence-corrected chi connectivity index (χ4v) is 2.85. The number of rotatable bonds is 4. The van der Waals surface area contributed by atoms with Crippen LogP contribution >= 0.6 is 11.3 Å². The van der Waals surface area contributed by atoms with Crippen molar-refractivity contribution in [2.45, 2.75) is 12.8 Å². The molecule has 0 bridgehead atoms. The molecule has 1 aliphatic heterocycles. The summed E-state index contributed by atoms with van der Waals surface area (Å²) in [6.45, 7) is 2.14. The monoisotopic (exact) mass is 290 g/mol. The van der Waals surface area contributed by atoms with Crippen molar-refractivity contribution < 1.29 is 9.21 Å². The molecule has 0 radical (unpaired) electrons. The Hall–Kier alpha value is -2.15. The summed E-state index contributed by atoms with van der Waals surface area (Å²) in [4.78, 5) is 19.1. The van der Waals surface area contributed by atoms with Crippen molar-refractivity contribution in [2.75, 3.05) is 18.0 Å². The fraction of sp³-hybridized carbons (Fsp3) is 0.308. The third-order valence-corrected chi connectivity index (χ3v) is 3.98. The van der Waals surface area contributed by atoms with Crippen molar-refractivity contribution in [2.24, 2.45) is 5.10 Å². The number of nitrogens with zero attached hydrogens (tertiary/aromatic N) is 3. The predicted molar refractivity (Wildman–Crippen MR) is 77.3 cm³/mol. The van der Waals surface area contributed by atoms with Crippen LogP contribution in [0.25, 0.3) is 0 Å². The van der Waals surface area contributed by atoms with Crippen LogP contribution in [0.2, 0.25) is 0 Å². The van der Waals surface area contributed by atoms with Gasteiger partial charge in [-0.2, -0.15) is 5.10 Å². The Balaban J connectivity index is 1.57. The molecule has 104 valence electrons. The molecule has 6 nitrogen and oxygen atoms in total. The Kier molecular flexibility index (Phi) is 3.78. The average Bonchev–Trinajstić information content (AvgIpc) is 3.20. The Labute approximate surface area is 120 Å². The van der Waals surface area contributed by atoms with E-state index < -0.39 is 0 Å². The van der Waals surface area contributed by atoms with Gasteiger partial charge in [0.1, 0.15) is 0 Å². The second kappa shape index (κ2) is 5.87. The van der Waals surface area contributed by atoms with Crippen LogP contribution in [0, 0.1) is 0 Å². The molecule has 0 spiro atoms. The van der Waals surface area contributed by atoms with Crippen LogP contribution < -0.4 is 10.3 Å². The minimum Gasteiger partial charge on any atom is -0.459 e. The second-order valence-corrected chi connectivity index (χ2v) is 5.46. The number of furan rings is 1. The van der Waals surface area contributed by atoms with Gasteiger partial charge >= 0.3 is 5.91 Å². The van der Waals surface area contributed by atoms with Crippen molar-refractivity contribution in [1.82, 2.24) is 10.4 Å². The third kappa shape index (κ3) is 2.88. The first-order valence-electron chi connectivity index (χ1n) is 6.40. The van der Waals surface area contributed by atoms with Gasteiger partial charge in [0, 0.05) is 19.3 Å². The summed E-state index contributed by atoms with van der Waals surface area (Å²) in [6.07, 6.45) is 7.26. The number of hydrogen-bond donors (Lipinski definition) is 1. The normalized spacial score (nSPS) is 15.1. The fourth-order valence-electron chi connectivity index (χ4n) is 2.01. The van der Waals surface area contributed by atoms with Crippen molar-refractivity contribution in [3.8, 4) is 0 Å². The highest BCUT2D eigenvalue weighted by Gasteiger charge is 2.15. The molecule has 0 saturated carbocycles. The average molecular weight is 290 g/mol. The van der Waals surface area contributed by atoms with Crippen LogP contribution in [0.5, 0.6) is 0 Å². The molecule has 20 heavy (non-hydrogen) atoms. The summed E-state index contributed by atoms with van der Waals surface area (Å²) in [6, 6.07) is 3.24. The summed E-state index contributed by atoms with van der Waals surface area (Å²) < 4.78 is 4.97. The van der Waals surface area contributed by atoms with E-state index in [0.717, 1.165) is 23.1 Å². The molecule has 3 heterocycles. The minimum absolute atomic E-state index is 0.240. The number of anilines is 1. The van der Waals surface area contributed by atoms with Gasteiger partial charge in [-0.3, -0.25) is 4.79 Å².